The van der Waals surface area contributed by atoms with Crippen LogP contribution in [0.3, 0.4) is 0 Å². The number of rotatable bonds is 8. The molecule has 0 unspecified atom stereocenters. The standard InChI is InChI=1S/C24H34N4OSi/c1-30(2,3)15-14-29-18-28-13-11-21-24(28)26-17-23(27-21)20-10-7-12-25-22(20)16-19-8-5-4-6-9-19/h7,10-13,17,19H,4-6,8-9,14-16,18H2,1-3H3. The molecule has 0 radical (unpaired) electrons. The van der Waals surface area contributed by atoms with E-state index in [1.54, 1.807) is 0 Å². The van der Waals surface area contributed by atoms with Gasteiger partial charge in [-0.05, 0) is 36.6 Å². The molecule has 1 saturated carbocycles. The first-order valence-electron chi connectivity index (χ1n) is 11.3. The van der Waals surface area contributed by atoms with Crippen LogP contribution in [0, 0.1) is 5.92 Å². The average molecular weight is 423 g/mol. The molecule has 30 heavy (non-hydrogen) atoms. The first-order valence-corrected chi connectivity index (χ1v) is 15.0. The molecule has 0 saturated heterocycles. The van der Waals surface area contributed by atoms with Crippen LogP contribution in [0.4, 0.5) is 0 Å². The van der Waals surface area contributed by atoms with E-state index in [9.17, 15) is 0 Å². The topological polar surface area (TPSA) is 52.8 Å². The molecule has 4 rings (SSSR count). The Morgan fingerprint density at radius 2 is 1.93 bits per heavy atom. The van der Waals surface area contributed by atoms with Gasteiger partial charge in [0.1, 0.15) is 12.2 Å². The van der Waals surface area contributed by atoms with E-state index >= 15 is 0 Å². The van der Waals surface area contributed by atoms with Gasteiger partial charge in [-0.2, -0.15) is 0 Å². The van der Waals surface area contributed by atoms with Gasteiger partial charge in [0, 0.05) is 32.6 Å². The summed E-state index contributed by atoms with van der Waals surface area (Å²) in [5.74, 6) is 0.749. The zero-order chi connectivity index (χ0) is 21.0. The molecule has 1 fully saturated rings. The SMILES string of the molecule is C[Si](C)(C)CCOCn1ccc2nc(-c3cccnc3CC3CCCCC3)cnc21. The van der Waals surface area contributed by atoms with Crippen molar-refractivity contribution in [2.24, 2.45) is 5.92 Å². The highest BCUT2D eigenvalue weighted by Gasteiger charge is 2.18. The van der Waals surface area contributed by atoms with E-state index in [-0.39, 0.29) is 0 Å². The minimum absolute atomic E-state index is 0.530. The van der Waals surface area contributed by atoms with Gasteiger partial charge in [0.15, 0.2) is 5.65 Å². The molecule has 5 nitrogen and oxygen atoms in total. The van der Waals surface area contributed by atoms with Crippen LogP contribution in [0.25, 0.3) is 22.4 Å². The predicted molar refractivity (Wildman–Crippen MR) is 125 cm³/mol. The van der Waals surface area contributed by atoms with E-state index in [0.29, 0.717) is 6.73 Å². The second-order valence-electron chi connectivity index (χ2n) is 9.80. The maximum Gasteiger partial charge on any atom is 0.160 e. The number of hydrogen-bond donors (Lipinski definition) is 0. The van der Waals surface area contributed by atoms with Crippen molar-refractivity contribution in [2.45, 2.75) is 70.9 Å². The summed E-state index contributed by atoms with van der Waals surface area (Å²) in [4.78, 5) is 14.4. The van der Waals surface area contributed by atoms with Crippen LogP contribution in [0.5, 0.6) is 0 Å². The molecule has 0 spiro atoms. The molecule has 1 aliphatic carbocycles. The van der Waals surface area contributed by atoms with E-state index in [1.807, 2.05) is 35.3 Å². The molecule has 1 aliphatic rings. The monoisotopic (exact) mass is 422 g/mol. The van der Waals surface area contributed by atoms with Crippen molar-refractivity contribution in [2.75, 3.05) is 6.61 Å². The summed E-state index contributed by atoms with van der Waals surface area (Å²) in [7, 11) is -1.07. The molecule has 6 heteroatoms. The number of fused-ring (bicyclic) bond motifs is 1. The lowest BCUT2D eigenvalue weighted by molar-refractivity contribution is 0.0899. The van der Waals surface area contributed by atoms with Crippen LogP contribution >= 0.6 is 0 Å². The van der Waals surface area contributed by atoms with Gasteiger partial charge in [0.2, 0.25) is 0 Å². The Kier molecular flexibility index (Phi) is 6.63. The molecule has 0 aromatic carbocycles. The third kappa shape index (κ3) is 5.35. The molecule has 3 aromatic rings. The largest absolute Gasteiger partial charge is 0.361 e. The molecule has 0 bridgehead atoms. The number of ether oxygens (including phenoxy) is 1. The van der Waals surface area contributed by atoms with Gasteiger partial charge < -0.3 is 9.30 Å². The summed E-state index contributed by atoms with van der Waals surface area (Å²) in [6.07, 6.45) is 13.6. The summed E-state index contributed by atoms with van der Waals surface area (Å²) in [5.41, 5.74) is 4.99. The van der Waals surface area contributed by atoms with E-state index in [2.05, 4.69) is 25.7 Å². The van der Waals surface area contributed by atoms with Crippen molar-refractivity contribution < 1.29 is 4.74 Å². The highest BCUT2D eigenvalue weighted by atomic mass is 28.3. The van der Waals surface area contributed by atoms with Crippen molar-refractivity contribution in [3.8, 4) is 11.3 Å². The minimum Gasteiger partial charge on any atom is -0.361 e. The normalized spacial score (nSPS) is 15.7. The number of aromatic nitrogens is 4. The Morgan fingerprint density at radius 3 is 2.73 bits per heavy atom. The first kappa shape index (κ1) is 21.2. The van der Waals surface area contributed by atoms with Crippen molar-refractivity contribution in [1.82, 2.24) is 19.5 Å². The lowest BCUT2D eigenvalue weighted by Gasteiger charge is -2.22. The quantitative estimate of drug-likeness (QED) is 0.333. The van der Waals surface area contributed by atoms with Gasteiger partial charge in [-0.1, -0.05) is 51.7 Å². The predicted octanol–water partition coefficient (Wildman–Crippen LogP) is 5.93. The van der Waals surface area contributed by atoms with Crippen molar-refractivity contribution in [1.29, 1.82) is 0 Å². The van der Waals surface area contributed by atoms with Crippen molar-refractivity contribution in [3.63, 3.8) is 0 Å². The summed E-state index contributed by atoms with van der Waals surface area (Å²) in [6, 6.07) is 7.35. The van der Waals surface area contributed by atoms with Crippen LogP contribution in [0.15, 0.2) is 36.8 Å². The summed E-state index contributed by atoms with van der Waals surface area (Å²) >= 11 is 0. The smallest absolute Gasteiger partial charge is 0.160 e. The molecule has 3 aromatic heterocycles. The molecule has 3 heterocycles. The van der Waals surface area contributed by atoms with Crippen LogP contribution in [-0.4, -0.2) is 34.2 Å². The van der Waals surface area contributed by atoms with Gasteiger partial charge >= 0.3 is 0 Å². The Balaban J connectivity index is 1.49. The maximum atomic E-state index is 5.90. The van der Waals surface area contributed by atoms with E-state index in [4.69, 9.17) is 19.7 Å². The molecular weight excluding hydrogens is 388 g/mol. The van der Waals surface area contributed by atoms with Gasteiger partial charge in [-0.3, -0.25) is 4.98 Å². The third-order valence-electron chi connectivity index (χ3n) is 6.06. The van der Waals surface area contributed by atoms with Gasteiger partial charge in [-0.25, -0.2) is 9.97 Å². The van der Waals surface area contributed by atoms with E-state index < -0.39 is 8.07 Å². The van der Waals surface area contributed by atoms with Gasteiger partial charge in [0.05, 0.1) is 17.6 Å². The highest BCUT2D eigenvalue weighted by molar-refractivity contribution is 6.76. The Hall–Kier alpha value is -2.05. The Labute approximate surface area is 180 Å². The van der Waals surface area contributed by atoms with Gasteiger partial charge in [0.25, 0.3) is 0 Å². The molecular formula is C24H34N4OSi. The minimum atomic E-state index is -1.07. The molecule has 160 valence electrons. The summed E-state index contributed by atoms with van der Waals surface area (Å²) in [5, 5.41) is 0. The fourth-order valence-corrected chi connectivity index (χ4v) is 4.99. The Morgan fingerprint density at radius 1 is 1.10 bits per heavy atom. The van der Waals surface area contributed by atoms with Crippen LogP contribution in [0.1, 0.15) is 37.8 Å². The van der Waals surface area contributed by atoms with Crippen molar-refractivity contribution >= 4 is 19.2 Å². The Bertz CT molecular complexity index is 973. The zero-order valence-corrected chi connectivity index (χ0v) is 19.6. The molecule has 0 N–H and O–H groups in total. The first-order chi connectivity index (χ1) is 14.5. The van der Waals surface area contributed by atoms with Crippen LogP contribution < -0.4 is 0 Å². The van der Waals surface area contributed by atoms with Crippen LogP contribution in [0.2, 0.25) is 25.7 Å². The number of nitrogens with zero attached hydrogens (tertiary/aromatic N) is 4. The lowest BCUT2D eigenvalue weighted by Crippen LogP contribution is -2.22. The van der Waals surface area contributed by atoms with Crippen LogP contribution in [-0.2, 0) is 17.9 Å². The molecule has 0 atom stereocenters. The summed E-state index contributed by atoms with van der Waals surface area (Å²) < 4.78 is 7.94. The van der Waals surface area contributed by atoms with Gasteiger partial charge in [-0.15, -0.1) is 0 Å². The lowest BCUT2D eigenvalue weighted by atomic mass is 9.85. The summed E-state index contributed by atoms with van der Waals surface area (Å²) in [6.45, 7) is 8.45. The zero-order valence-electron chi connectivity index (χ0n) is 18.6. The molecule has 0 amide bonds. The second kappa shape index (κ2) is 9.39. The third-order valence-corrected chi connectivity index (χ3v) is 7.77. The number of pyridine rings is 1. The fraction of sp³-hybridized carbons (Fsp3) is 0.542. The second-order valence-corrected chi connectivity index (χ2v) is 15.4. The average Bonchev–Trinajstić information content (AvgIpc) is 3.14. The fourth-order valence-electron chi connectivity index (χ4n) is 4.24. The van der Waals surface area contributed by atoms with E-state index in [0.717, 1.165) is 47.1 Å². The van der Waals surface area contributed by atoms with Crippen molar-refractivity contribution in [3.05, 3.63) is 42.5 Å². The van der Waals surface area contributed by atoms with E-state index in [1.165, 1.54) is 38.1 Å². The maximum absolute atomic E-state index is 5.90. The molecule has 0 aliphatic heterocycles. The number of hydrogen-bond acceptors (Lipinski definition) is 4. The highest BCUT2D eigenvalue weighted by Crippen LogP contribution is 2.30.